The Labute approximate surface area is 140 Å². The van der Waals surface area contributed by atoms with Crippen molar-refractivity contribution in [1.29, 1.82) is 0 Å². The second kappa shape index (κ2) is 9.46. The van der Waals surface area contributed by atoms with Crippen molar-refractivity contribution in [2.45, 2.75) is 44.6 Å². The molecule has 128 valence electrons. The van der Waals surface area contributed by atoms with Gasteiger partial charge in [-0.1, -0.05) is 12.8 Å². The van der Waals surface area contributed by atoms with E-state index in [-0.39, 0.29) is 24.4 Å². The highest BCUT2D eigenvalue weighted by molar-refractivity contribution is 7.13. The summed E-state index contributed by atoms with van der Waals surface area (Å²) in [5.41, 5.74) is 0.662. The zero-order valence-corrected chi connectivity index (χ0v) is 14.2. The Kier molecular flexibility index (Phi) is 7.28. The summed E-state index contributed by atoms with van der Waals surface area (Å²) in [6, 6.07) is 0.0501. The van der Waals surface area contributed by atoms with E-state index in [4.69, 9.17) is 4.74 Å². The number of nitrogens with zero attached hydrogens (tertiary/aromatic N) is 1. The first-order chi connectivity index (χ1) is 11.2. The van der Waals surface area contributed by atoms with Gasteiger partial charge in [-0.2, -0.15) is 0 Å². The molecule has 7 nitrogen and oxygen atoms in total. The molecule has 23 heavy (non-hydrogen) atoms. The first-order valence-corrected chi connectivity index (χ1v) is 8.83. The molecule has 1 aliphatic carbocycles. The van der Waals surface area contributed by atoms with Gasteiger partial charge in [0, 0.05) is 31.7 Å². The van der Waals surface area contributed by atoms with Gasteiger partial charge in [0.25, 0.3) is 0 Å². The molecule has 0 radical (unpaired) electrons. The zero-order valence-electron chi connectivity index (χ0n) is 13.4. The van der Waals surface area contributed by atoms with Gasteiger partial charge in [0.05, 0.1) is 12.1 Å². The van der Waals surface area contributed by atoms with Crippen molar-refractivity contribution in [1.82, 2.24) is 15.6 Å². The highest BCUT2D eigenvalue weighted by Crippen LogP contribution is 2.19. The van der Waals surface area contributed by atoms with Gasteiger partial charge in [0.1, 0.15) is 0 Å². The lowest BCUT2D eigenvalue weighted by Crippen LogP contribution is -2.36. The van der Waals surface area contributed by atoms with Crippen LogP contribution in [-0.4, -0.2) is 43.2 Å². The Morgan fingerprint density at radius 3 is 2.91 bits per heavy atom. The van der Waals surface area contributed by atoms with Crippen LogP contribution in [0.15, 0.2) is 5.38 Å². The van der Waals surface area contributed by atoms with Crippen LogP contribution in [0, 0.1) is 0 Å². The third kappa shape index (κ3) is 6.54. The second-order valence-electron chi connectivity index (χ2n) is 5.60. The van der Waals surface area contributed by atoms with E-state index < -0.39 is 0 Å². The van der Waals surface area contributed by atoms with E-state index in [0.29, 0.717) is 24.0 Å². The van der Waals surface area contributed by atoms with Crippen molar-refractivity contribution in [3.63, 3.8) is 0 Å². The number of amides is 3. The number of carbonyl (C=O) groups excluding carboxylic acids is 2. The van der Waals surface area contributed by atoms with Crippen molar-refractivity contribution in [3.8, 4) is 0 Å². The summed E-state index contributed by atoms with van der Waals surface area (Å²) in [6.07, 6.45) is 5.43. The second-order valence-corrected chi connectivity index (χ2v) is 6.46. The third-order valence-electron chi connectivity index (χ3n) is 3.65. The average Bonchev–Trinajstić information content (AvgIpc) is 3.16. The Hall–Kier alpha value is -1.67. The number of anilines is 1. The lowest BCUT2D eigenvalue weighted by Gasteiger charge is -2.11. The van der Waals surface area contributed by atoms with Crippen LogP contribution in [0.4, 0.5) is 9.93 Å². The van der Waals surface area contributed by atoms with Gasteiger partial charge in [0.2, 0.25) is 5.91 Å². The van der Waals surface area contributed by atoms with Crippen molar-refractivity contribution in [2.24, 2.45) is 0 Å². The summed E-state index contributed by atoms with van der Waals surface area (Å²) < 4.78 is 4.92. The fourth-order valence-corrected chi connectivity index (χ4v) is 3.21. The summed E-state index contributed by atoms with van der Waals surface area (Å²) in [6.45, 7) is 1.22. The van der Waals surface area contributed by atoms with Gasteiger partial charge in [-0.15, -0.1) is 11.3 Å². The predicted octanol–water partition coefficient (Wildman–Crippen LogP) is 1.90. The molecular formula is C15H24N4O3S. The highest BCUT2D eigenvalue weighted by Gasteiger charge is 2.17. The van der Waals surface area contributed by atoms with Crippen molar-refractivity contribution >= 4 is 28.4 Å². The van der Waals surface area contributed by atoms with Crippen molar-refractivity contribution in [3.05, 3.63) is 11.1 Å². The first kappa shape index (κ1) is 17.7. The van der Waals surface area contributed by atoms with Crippen LogP contribution in [0.1, 0.15) is 37.8 Å². The molecule has 8 heteroatoms. The molecule has 0 aromatic carbocycles. The Morgan fingerprint density at radius 1 is 1.39 bits per heavy atom. The van der Waals surface area contributed by atoms with Gasteiger partial charge in [-0.25, -0.2) is 9.78 Å². The summed E-state index contributed by atoms with van der Waals surface area (Å²) in [5, 5.41) is 10.8. The number of hydrogen-bond donors (Lipinski definition) is 3. The quantitative estimate of drug-likeness (QED) is 0.630. The molecule has 0 bridgehead atoms. The Bertz CT molecular complexity index is 515. The molecule has 3 amide bonds. The standard InChI is InChI=1S/C15H24N4O3S/c1-22-8-4-7-16-13(20)9-12-10-23-15(18-12)19-14(21)17-11-5-2-3-6-11/h10-11H,2-9H2,1H3,(H,16,20)(H2,17,18,19,21). The molecule has 0 atom stereocenters. The molecule has 1 heterocycles. The normalized spacial score (nSPS) is 14.7. The maximum absolute atomic E-state index is 11.9. The van der Waals surface area contributed by atoms with Crippen LogP contribution in [-0.2, 0) is 16.0 Å². The number of aromatic nitrogens is 1. The van der Waals surface area contributed by atoms with Crippen LogP contribution in [0.5, 0.6) is 0 Å². The molecule has 1 fully saturated rings. The molecule has 0 unspecified atom stereocenters. The van der Waals surface area contributed by atoms with Crippen molar-refractivity contribution in [2.75, 3.05) is 25.6 Å². The van der Waals surface area contributed by atoms with E-state index >= 15 is 0 Å². The zero-order chi connectivity index (χ0) is 16.5. The smallest absolute Gasteiger partial charge is 0.321 e. The summed E-state index contributed by atoms with van der Waals surface area (Å²) in [5.74, 6) is -0.0756. The van der Waals surface area contributed by atoms with E-state index in [9.17, 15) is 9.59 Å². The molecule has 2 rings (SSSR count). The van der Waals surface area contributed by atoms with E-state index in [1.165, 1.54) is 24.2 Å². The van der Waals surface area contributed by atoms with Gasteiger partial charge in [-0.3, -0.25) is 10.1 Å². The van der Waals surface area contributed by atoms with E-state index in [2.05, 4.69) is 20.9 Å². The van der Waals surface area contributed by atoms with Crippen LogP contribution in [0.25, 0.3) is 0 Å². The molecule has 0 spiro atoms. The number of hydrogen-bond acceptors (Lipinski definition) is 5. The van der Waals surface area contributed by atoms with Gasteiger partial charge in [0.15, 0.2) is 5.13 Å². The van der Waals surface area contributed by atoms with Crippen LogP contribution < -0.4 is 16.0 Å². The lowest BCUT2D eigenvalue weighted by molar-refractivity contribution is -0.120. The number of nitrogens with one attached hydrogen (secondary N) is 3. The van der Waals surface area contributed by atoms with Gasteiger partial charge in [-0.05, 0) is 19.3 Å². The number of rotatable bonds is 8. The number of thiazole rings is 1. The minimum atomic E-state index is -0.221. The van der Waals surface area contributed by atoms with E-state index in [1.807, 2.05) is 0 Å². The average molecular weight is 340 g/mol. The number of ether oxygens (including phenoxy) is 1. The molecule has 1 aromatic heterocycles. The number of carbonyl (C=O) groups is 2. The summed E-state index contributed by atoms with van der Waals surface area (Å²) >= 11 is 1.33. The number of methoxy groups -OCH3 is 1. The Balaban J connectivity index is 1.69. The van der Waals surface area contributed by atoms with Gasteiger partial charge < -0.3 is 15.4 Å². The molecule has 1 saturated carbocycles. The Morgan fingerprint density at radius 2 is 2.17 bits per heavy atom. The monoisotopic (exact) mass is 340 g/mol. The maximum Gasteiger partial charge on any atom is 0.321 e. The molecule has 1 aromatic rings. The molecule has 0 aliphatic heterocycles. The lowest BCUT2D eigenvalue weighted by atomic mass is 10.3. The van der Waals surface area contributed by atoms with Gasteiger partial charge >= 0.3 is 6.03 Å². The van der Waals surface area contributed by atoms with Crippen LogP contribution in [0.2, 0.25) is 0 Å². The molecule has 0 saturated heterocycles. The van der Waals surface area contributed by atoms with E-state index in [1.54, 1.807) is 12.5 Å². The predicted molar refractivity (Wildman–Crippen MR) is 89.7 cm³/mol. The third-order valence-corrected chi connectivity index (χ3v) is 4.46. The number of urea groups is 1. The van der Waals surface area contributed by atoms with Crippen LogP contribution in [0.3, 0.4) is 0 Å². The molecule has 3 N–H and O–H groups in total. The first-order valence-electron chi connectivity index (χ1n) is 7.95. The van der Waals surface area contributed by atoms with Crippen LogP contribution >= 0.6 is 11.3 Å². The fourth-order valence-electron chi connectivity index (χ4n) is 2.51. The SMILES string of the molecule is COCCCNC(=O)Cc1csc(NC(=O)NC2CCCC2)n1. The maximum atomic E-state index is 11.9. The van der Waals surface area contributed by atoms with Crippen molar-refractivity contribution < 1.29 is 14.3 Å². The minimum absolute atomic E-state index is 0.0756. The fraction of sp³-hybridized carbons (Fsp3) is 0.667. The van der Waals surface area contributed by atoms with E-state index in [0.717, 1.165) is 19.3 Å². The molecule has 1 aliphatic rings. The topological polar surface area (TPSA) is 92.4 Å². The summed E-state index contributed by atoms with van der Waals surface area (Å²) in [4.78, 5) is 27.9. The molecular weight excluding hydrogens is 316 g/mol. The summed E-state index contributed by atoms with van der Waals surface area (Å²) in [7, 11) is 1.63. The minimum Gasteiger partial charge on any atom is -0.385 e. The largest absolute Gasteiger partial charge is 0.385 e. The highest BCUT2D eigenvalue weighted by atomic mass is 32.1.